The van der Waals surface area contributed by atoms with Crippen molar-refractivity contribution < 1.29 is 8.83 Å². The molecule has 0 aliphatic heterocycles. The van der Waals surface area contributed by atoms with Crippen molar-refractivity contribution in [2.75, 3.05) is 0 Å². The number of fused-ring (bicyclic) bond motifs is 6. The minimum atomic E-state index is -0.00164. The summed E-state index contributed by atoms with van der Waals surface area (Å²) in [6.07, 6.45) is 0. The normalized spacial score (nSPS) is 11.7. The lowest BCUT2D eigenvalue weighted by Crippen LogP contribution is -2.55. The minimum Gasteiger partial charge on any atom is -0.456 e. The summed E-state index contributed by atoms with van der Waals surface area (Å²) >= 11 is 0. The van der Waals surface area contributed by atoms with Gasteiger partial charge >= 0.3 is 0 Å². The molecule has 226 valence electrons. The SMILES string of the molecule is [B]c1c([B])c([B])c(-c2nc(-c3c([B])c([B])c([B])c([B])c3[B])nc(-c3cccc4oc5ccc(-c6cccc7c6oc6ccccc67)cc5c34)n2)c([B])c1[B]. The zero-order valence-corrected chi connectivity index (χ0v) is 28.4. The van der Waals surface area contributed by atoms with Gasteiger partial charge in [-0.2, -0.15) is 0 Å². The third kappa shape index (κ3) is 5.04. The van der Waals surface area contributed by atoms with Crippen molar-refractivity contribution in [3.8, 4) is 45.3 Å². The largest absolute Gasteiger partial charge is 0.456 e. The molecule has 20 radical (unpaired) electrons. The van der Waals surface area contributed by atoms with Crippen LogP contribution in [0, 0.1) is 0 Å². The molecule has 0 unspecified atom stereocenters. The van der Waals surface area contributed by atoms with Crippen molar-refractivity contribution in [3.05, 3.63) is 78.9 Å². The molecule has 0 atom stereocenters. The molecule has 0 aliphatic carbocycles. The fourth-order valence-electron chi connectivity index (χ4n) is 7.06. The Morgan fingerprint density at radius 2 is 0.852 bits per heavy atom. The van der Waals surface area contributed by atoms with Crippen LogP contribution < -0.4 is 54.6 Å². The summed E-state index contributed by atoms with van der Waals surface area (Å²) < 4.78 is 12.7. The Kier molecular flexibility index (Phi) is 8.00. The molecule has 0 fully saturated rings. The molecule has 9 aromatic rings. The van der Waals surface area contributed by atoms with Gasteiger partial charge in [0.1, 0.15) is 101 Å². The lowest BCUT2D eigenvalue weighted by molar-refractivity contribution is 0.668. The smallest absolute Gasteiger partial charge is 0.164 e. The molecule has 54 heavy (non-hydrogen) atoms. The number of aromatic nitrogens is 3. The average molecular weight is 664 g/mol. The Morgan fingerprint density at radius 3 is 1.48 bits per heavy atom. The molecule has 3 heterocycles. The highest BCUT2D eigenvalue weighted by Gasteiger charge is 2.23. The average Bonchev–Trinajstić information content (AvgIpc) is 3.76. The second-order valence-corrected chi connectivity index (χ2v) is 13.0. The van der Waals surface area contributed by atoms with Crippen LogP contribution in [0.1, 0.15) is 0 Å². The fraction of sp³-hybridized carbons (Fsp3) is 0. The van der Waals surface area contributed by atoms with Crippen LogP contribution in [0.3, 0.4) is 0 Å². The van der Waals surface area contributed by atoms with Gasteiger partial charge in [0, 0.05) is 43.8 Å². The molecular formula is C39H13B10N3O2. The molecule has 0 spiro atoms. The number of furan rings is 2. The third-order valence-corrected chi connectivity index (χ3v) is 9.93. The van der Waals surface area contributed by atoms with Crippen molar-refractivity contribution in [2.24, 2.45) is 0 Å². The molecule has 0 saturated carbocycles. The maximum Gasteiger partial charge on any atom is 0.164 e. The van der Waals surface area contributed by atoms with Crippen LogP contribution in [0.25, 0.3) is 89.2 Å². The fourth-order valence-corrected chi connectivity index (χ4v) is 7.06. The number of rotatable bonds is 4. The van der Waals surface area contributed by atoms with Gasteiger partial charge in [0.2, 0.25) is 0 Å². The van der Waals surface area contributed by atoms with Crippen molar-refractivity contribution in [1.82, 2.24) is 15.0 Å². The Labute approximate surface area is 323 Å². The van der Waals surface area contributed by atoms with Crippen molar-refractivity contribution in [1.29, 1.82) is 0 Å². The van der Waals surface area contributed by atoms with E-state index in [0.29, 0.717) is 22.1 Å². The van der Waals surface area contributed by atoms with E-state index >= 15 is 0 Å². The predicted octanol–water partition coefficient (Wildman–Crippen LogP) is -1.72. The van der Waals surface area contributed by atoms with E-state index < -0.39 is 0 Å². The maximum atomic E-state index is 6.51. The molecule has 3 aromatic heterocycles. The molecule has 5 nitrogen and oxygen atoms in total. The van der Waals surface area contributed by atoms with Gasteiger partial charge in [-0.1, -0.05) is 76.4 Å². The van der Waals surface area contributed by atoms with Crippen LogP contribution in [0.5, 0.6) is 0 Å². The summed E-state index contributed by atoms with van der Waals surface area (Å²) in [7, 11) is 63.3. The Morgan fingerprint density at radius 1 is 0.370 bits per heavy atom. The molecule has 15 heteroatoms. The zero-order chi connectivity index (χ0) is 37.7. The third-order valence-electron chi connectivity index (χ3n) is 9.93. The molecule has 0 bridgehead atoms. The van der Waals surface area contributed by atoms with Gasteiger partial charge in [-0.25, -0.2) is 15.0 Å². The highest BCUT2D eigenvalue weighted by atomic mass is 16.3. The number of benzene rings is 6. The van der Waals surface area contributed by atoms with Gasteiger partial charge in [0.15, 0.2) is 17.5 Å². The van der Waals surface area contributed by atoms with E-state index in [1.54, 1.807) is 0 Å². The zero-order valence-electron chi connectivity index (χ0n) is 28.4. The van der Waals surface area contributed by atoms with Crippen LogP contribution in [0.2, 0.25) is 0 Å². The molecule has 9 rings (SSSR count). The van der Waals surface area contributed by atoms with E-state index in [0.717, 1.165) is 38.5 Å². The number of nitrogens with zero attached hydrogens (tertiary/aromatic N) is 3. The quantitative estimate of drug-likeness (QED) is 0.210. The summed E-state index contributed by atoms with van der Waals surface area (Å²) in [5, 5.41) is 3.54. The Bertz CT molecular complexity index is 2940. The second-order valence-electron chi connectivity index (χ2n) is 13.0. The first-order valence-electron chi connectivity index (χ1n) is 16.6. The van der Waals surface area contributed by atoms with E-state index in [4.69, 9.17) is 102 Å². The van der Waals surface area contributed by atoms with Crippen LogP contribution >= 0.6 is 0 Å². The molecule has 6 aromatic carbocycles. The lowest BCUT2D eigenvalue weighted by atomic mass is 9.60. The van der Waals surface area contributed by atoms with Gasteiger partial charge in [0.05, 0.1) is 0 Å². The number of hydrogen-bond acceptors (Lipinski definition) is 5. The molecule has 0 saturated heterocycles. The first kappa shape index (κ1) is 34.4. The van der Waals surface area contributed by atoms with Crippen LogP contribution in [-0.2, 0) is 0 Å². The summed E-state index contributed by atoms with van der Waals surface area (Å²) in [4.78, 5) is 14.5. The van der Waals surface area contributed by atoms with Crippen molar-refractivity contribution >= 4 is 177 Å². The molecule has 0 amide bonds. The summed E-state index contributed by atoms with van der Waals surface area (Å²) in [5.41, 5.74) is 5.55. The van der Waals surface area contributed by atoms with E-state index in [1.165, 1.54) is 0 Å². The first-order valence-corrected chi connectivity index (χ1v) is 16.6. The second kappa shape index (κ2) is 12.6. The van der Waals surface area contributed by atoms with Crippen LogP contribution in [0.4, 0.5) is 0 Å². The molecule has 0 N–H and O–H groups in total. The van der Waals surface area contributed by atoms with Crippen LogP contribution in [-0.4, -0.2) is 93.4 Å². The molecular weight excluding hydrogens is 651 g/mol. The van der Waals surface area contributed by atoms with Gasteiger partial charge in [-0.15, -0.1) is 32.8 Å². The Hall–Kier alpha value is -5.42. The van der Waals surface area contributed by atoms with Gasteiger partial charge < -0.3 is 8.83 Å². The van der Waals surface area contributed by atoms with Gasteiger partial charge in [-0.05, 0) is 29.8 Å². The highest BCUT2D eigenvalue weighted by molar-refractivity contribution is 6.70. The number of para-hydroxylation sites is 2. The summed E-state index contributed by atoms with van der Waals surface area (Å²) in [5.74, 6) is 0.171. The van der Waals surface area contributed by atoms with E-state index in [1.807, 2.05) is 78.9 Å². The minimum absolute atomic E-state index is 0.00164. The summed E-state index contributed by atoms with van der Waals surface area (Å²) in [6.45, 7) is 0. The van der Waals surface area contributed by atoms with E-state index in [-0.39, 0.29) is 83.2 Å². The van der Waals surface area contributed by atoms with Crippen molar-refractivity contribution in [2.45, 2.75) is 0 Å². The highest BCUT2D eigenvalue weighted by Crippen LogP contribution is 2.40. The summed E-state index contributed by atoms with van der Waals surface area (Å²) in [6, 6.07) is 25.5. The van der Waals surface area contributed by atoms with Gasteiger partial charge in [0.25, 0.3) is 0 Å². The predicted molar refractivity (Wildman–Crippen MR) is 230 cm³/mol. The molecule has 0 aliphatic rings. The van der Waals surface area contributed by atoms with E-state index in [2.05, 4.69) is 0 Å². The van der Waals surface area contributed by atoms with Crippen LogP contribution in [0.15, 0.2) is 87.7 Å². The van der Waals surface area contributed by atoms with Crippen molar-refractivity contribution in [3.63, 3.8) is 0 Å². The van der Waals surface area contributed by atoms with Gasteiger partial charge in [-0.3, -0.25) is 0 Å². The first-order chi connectivity index (χ1) is 25.9. The number of hydrogen-bond donors (Lipinski definition) is 0. The Balaban J connectivity index is 1.33. The standard InChI is InChI=1S/C39H13B10N3O2/c40-26-24(27(41)31(45)34(48)30(26)44)38-50-37(51-39(52-38)25-28(42)32(46)35(49)33(47)29(25)43)18-8-4-10-22-23(18)19-13-14(11-12-21(19)53-22)15-6-3-7-17-16-5-1-2-9-20(16)54-36(15)17/h1-13H. The lowest BCUT2D eigenvalue weighted by Gasteiger charge is -2.22. The van der Waals surface area contributed by atoms with E-state index in [9.17, 15) is 0 Å². The monoisotopic (exact) mass is 665 g/mol. The maximum absolute atomic E-state index is 6.51. The topological polar surface area (TPSA) is 65.0 Å².